The van der Waals surface area contributed by atoms with Crippen LogP contribution in [0.15, 0.2) is 72.1 Å². The third-order valence-electron chi connectivity index (χ3n) is 5.52. The third-order valence-corrected chi connectivity index (χ3v) is 6.60. The van der Waals surface area contributed by atoms with Gasteiger partial charge in [0.25, 0.3) is 0 Å². The number of pyridine rings is 1. The number of hydrogen-bond donors (Lipinski definition) is 1. The minimum absolute atomic E-state index is 0.212. The number of nitrogens with zero attached hydrogens (tertiary/aromatic N) is 4. The molecular weight excluding hydrogens is 444 g/mol. The molecule has 0 aliphatic carbocycles. The fourth-order valence-corrected chi connectivity index (χ4v) is 4.66. The van der Waals surface area contributed by atoms with Crippen molar-refractivity contribution < 1.29 is 9.84 Å². The summed E-state index contributed by atoms with van der Waals surface area (Å²) in [4.78, 5) is 4.24. The van der Waals surface area contributed by atoms with Crippen LogP contribution in [-0.2, 0) is 0 Å². The van der Waals surface area contributed by atoms with Crippen LogP contribution in [0.4, 0.5) is 0 Å². The molecule has 6 nitrogen and oxygen atoms in total. The monoisotopic (exact) mass is 474 g/mol. The maximum absolute atomic E-state index is 10.7. The number of ether oxygens (including phenoxy) is 1. The zero-order valence-electron chi connectivity index (χ0n) is 20.0. The first-order valence-corrected chi connectivity index (χ1v) is 12.4. The summed E-state index contributed by atoms with van der Waals surface area (Å²) in [5.74, 6) is 2.32. The maximum atomic E-state index is 10.7. The average Bonchev–Trinajstić information content (AvgIpc) is 3.25. The summed E-state index contributed by atoms with van der Waals surface area (Å²) < 4.78 is 8.00. The number of aliphatic hydroxyl groups is 1. The fourth-order valence-electron chi connectivity index (χ4n) is 3.81. The Morgan fingerprint density at radius 3 is 2.59 bits per heavy atom. The smallest absolute Gasteiger partial charge is 0.196 e. The highest BCUT2D eigenvalue weighted by Crippen LogP contribution is 2.30. The molecule has 0 aliphatic heterocycles. The second-order valence-electron chi connectivity index (χ2n) is 8.64. The van der Waals surface area contributed by atoms with Gasteiger partial charge >= 0.3 is 0 Å². The third kappa shape index (κ3) is 5.48. The van der Waals surface area contributed by atoms with E-state index in [1.807, 2.05) is 34.9 Å². The molecule has 2 aromatic carbocycles. The van der Waals surface area contributed by atoms with Gasteiger partial charge in [-0.05, 0) is 55.2 Å². The van der Waals surface area contributed by atoms with Crippen LogP contribution in [0, 0.1) is 13.8 Å². The normalized spacial score (nSPS) is 12.2. The van der Waals surface area contributed by atoms with Crippen LogP contribution >= 0.6 is 11.8 Å². The highest BCUT2D eigenvalue weighted by atomic mass is 32.2. The van der Waals surface area contributed by atoms with Crippen LogP contribution in [-0.4, -0.2) is 43.3 Å². The lowest BCUT2D eigenvalue weighted by molar-refractivity contribution is 0.125. The number of benzene rings is 2. The van der Waals surface area contributed by atoms with Gasteiger partial charge in [0.05, 0.1) is 11.8 Å². The van der Waals surface area contributed by atoms with E-state index in [1.54, 1.807) is 12.4 Å². The van der Waals surface area contributed by atoms with Crippen molar-refractivity contribution in [2.75, 3.05) is 12.4 Å². The predicted octanol–water partition coefficient (Wildman–Crippen LogP) is 5.60. The van der Waals surface area contributed by atoms with E-state index in [0.717, 1.165) is 34.0 Å². The highest BCUT2D eigenvalue weighted by Gasteiger charge is 2.19. The number of para-hydroxylation sites is 1. The van der Waals surface area contributed by atoms with E-state index < -0.39 is 6.10 Å². The summed E-state index contributed by atoms with van der Waals surface area (Å²) in [6.07, 6.45) is 2.87. The van der Waals surface area contributed by atoms with Crippen molar-refractivity contribution >= 4 is 11.8 Å². The van der Waals surface area contributed by atoms with Crippen molar-refractivity contribution in [2.45, 2.75) is 44.9 Å². The van der Waals surface area contributed by atoms with E-state index in [0.29, 0.717) is 16.8 Å². The van der Waals surface area contributed by atoms with Crippen molar-refractivity contribution in [3.63, 3.8) is 0 Å². The van der Waals surface area contributed by atoms with Gasteiger partial charge in [0.2, 0.25) is 0 Å². The molecule has 1 N–H and O–H groups in total. The Kier molecular flexibility index (Phi) is 7.65. The lowest BCUT2D eigenvalue weighted by Crippen LogP contribution is -2.21. The zero-order valence-corrected chi connectivity index (χ0v) is 20.8. The minimum Gasteiger partial charge on any atom is -0.491 e. The van der Waals surface area contributed by atoms with Gasteiger partial charge in [-0.25, -0.2) is 0 Å². The van der Waals surface area contributed by atoms with Crippen LogP contribution in [0.2, 0.25) is 0 Å². The number of rotatable bonds is 9. The van der Waals surface area contributed by atoms with E-state index in [1.165, 1.54) is 17.3 Å². The van der Waals surface area contributed by atoms with E-state index in [-0.39, 0.29) is 6.61 Å². The topological polar surface area (TPSA) is 73.1 Å². The van der Waals surface area contributed by atoms with Gasteiger partial charge in [-0.2, -0.15) is 0 Å². The first-order chi connectivity index (χ1) is 16.4. The first kappa shape index (κ1) is 24.0. The van der Waals surface area contributed by atoms with Gasteiger partial charge in [0, 0.05) is 23.7 Å². The van der Waals surface area contributed by atoms with E-state index in [2.05, 4.69) is 67.1 Å². The molecule has 0 unspecified atom stereocenters. The Morgan fingerprint density at radius 1 is 1.03 bits per heavy atom. The minimum atomic E-state index is -0.656. The molecule has 2 heterocycles. The Bertz CT molecular complexity index is 1240. The van der Waals surface area contributed by atoms with E-state index >= 15 is 0 Å². The van der Waals surface area contributed by atoms with Crippen molar-refractivity contribution in [1.82, 2.24) is 19.7 Å². The largest absolute Gasteiger partial charge is 0.491 e. The Morgan fingerprint density at radius 2 is 1.85 bits per heavy atom. The molecule has 2 aromatic heterocycles. The molecule has 0 radical (unpaired) electrons. The molecule has 0 aliphatic rings. The molecule has 0 amide bonds. The standard InChI is InChI=1S/C27H30N4O2S/c1-18(2)23-9-5-6-10-25(23)33-16-22(32)17-34-27-30-29-26(21-8-7-13-28-15-21)31(27)24-12-11-19(3)14-20(24)4/h5-15,18,22,32H,16-17H2,1-4H3/t22-/m1/s1. The summed E-state index contributed by atoms with van der Waals surface area (Å²) in [6.45, 7) is 8.64. The number of thioether (sulfide) groups is 1. The summed E-state index contributed by atoms with van der Waals surface area (Å²) in [6, 6.07) is 18.1. The molecule has 0 fully saturated rings. The SMILES string of the molecule is Cc1ccc(-n2c(SC[C@H](O)COc3ccccc3C(C)C)nnc2-c2cccnc2)c(C)c1. The molecule has 0 bridgehead atoms. The van der Waals surface area contributed by atoms with E-state index in [4.69, 9.17) is 4.74 Å². The van der Waals surface area contributed by atoms with Crippen LogP contribution in [0.25, 0.3) is 17.1 Å². The summed E-state index contributed by atoms with van der Waals surface area (Å²) in [5.41, 5.74) is 5.35. The Hall–Kier alpha value is -3.16. The fraction of sp³-hybridized carbons (Fsp3) is 0.296. The Balaban J connectivity index is 1.54. The van der Waals surface area contributed by atoms with Crippen LogP contribution in [0.3, 0.4) is 0 Å². The second kappa shape index (κ2) is 10.8. The molecule has 7 heteroatoms. The predicted molar refractivity (Wildman–Crippen MR) is 137 cm³/mol. The van der Waals surface area contributed by atoms with Gasteiger partial charge < -0.3 is 9.84 Å². The summed E-state index contributed by atoms with van der Waals surface area (Å²) in [7, 11) is 0. The van der Waals surface area contributed by atoms with Gasteiger partial charge in [-0.3, -0.25) is 9.55 Å². The number of aryl methyl sites for hydroxylation is 2. The van der Waals surface area contributed by atoms with Gasteiger partial charge in [-0.1, -0.05) is 61.5 Å². The van der Waals surface area contributed by atoms with Crippen molar-refractivity contribution in [3.8, 4) is 22.8 Å². The molecule has 4 rings (SSSR count). The highest BCUT2D eigenvalue weighted by molar-refractivity contribution is 7.99. The van der Waals surface area contributed by atoms with Crippen LogP contribution < -0.4 is 4.74 Å². The quantitative estimate of drug-likeness (QED) is 0.318. The average molecular weight is 475 g/mol. The molecule has 176 valence electrons. The van der Waals surface area contributed by atoms with Gasteiger partial charge in [0.15, 0.2) is 11.0 Å². The van der Waals surface area contributed by atoms with Crippen molar-refractivity contribution in [1.29, 1.82) is 0 Å². The molecule has 0 saturated heterocycles. The molecule has 1 atom stereocenters. The van der Waals surface area contributed by atoms with Crippen LogP contribution in [0.5, 0.6) is 5.75 Å². The maximum Gasteiger partial charge on any atom is 0.196 e. The molecule has 0 spiro atoms. The number of hydrogen-bond acceptors (Lipinski definition) is 6. The molecular formula is C27H30N4O2S. The molecule has 0 saturated carbocycles. The number of aliphatic hydroxyl groups excluding tert-OH is 1. The molecule has 4 aromatic rings. The van der Waals surface area contributed by atoms with Gasteiger partial charge in [-0.15, -0.1) is 10.2 Å². The van der Waals surface area contributed by atoms with E-state index in [9.17, 15) is 5.11 Å². The Labute approximate surface area is 205 Å². The lowest BCUT2D eigenvalue weighted by Gasteiger charge is -2.17. The van der Waals surface area contributed by atoms with Crippen LogP contribution in [0.1, 0.15) is 36.5 Å². The van der Waals surface area contributed by atoms with Crippen molar-refractivity contribution in [3.05, 3.63) is 83.7 Å². The molecule has 34 heavy (non-hydrogen) atoms. The zero-order chi connectivity index (χ0) is 24.1. The lowest BCUT2D eigenvalue weighted by atomic mass is 10.0. The number of aromatic nitrogens is 4. The van der Waals surface area contributed by atoms with Crippen molar-refractivity contribution in [2.24, 2.45) is 0 Å². The first-order valence-electron chi connectivity index (χ1n) is 11.4. The van der Waals surface area contributed by atoms with Gasteiger partial charge in [0.1, 0.15) is 12.4 Å². The summed E-state index contributed by atoms with van der Waals surface area (Å²) in [5, 5.41) is 20.3. The second-order valence-corrected chi connectivity index (χ2v) is 9.63. The summed E-state index contributed by atoms with van der Waals surface area (Å²) >= 11 is 1.46.